The number of aliphatic imine (C=N–C) groups is 1. The number of ketones is 1. The molecule has 1 aromatic carbocycles. The Morgan fingerprint density at radius 1 is 1.46 bits per heavy atom. The fraction of sp³-hybridized carbons (Fsp3) is 0.182. The van der Waals surface area contributed by atoms with Crippen molar-refractivity contribution in [2.24, 2.45) is 4.99 Å². The van der Waals surface area contributed by atoms with E-state index in [4.69, 9.17) is 0 Å². The second-order valence-electron chi connectivity index (χ2n) is 2.48. The summed E-state index contributed by atoms with van der Waals surface area (Å²) in [6.45, 7) is 2.55. The largest absolute Gasteiger partial charge is 0.289 e. The summed E-state index contributed by atoms with van der Waals surface area (Å²) in [5, 5.41) is 0. The van der Waals surface area contributed by atoms with E-state index in [1.54, 1.807) is 12.1 Å². The van der Waals surface area contributed by atoms with Crippen LogP contribution in [0.15, 0.2) is 41.4 Å². The first-order chi connectivity index (χ1) is 6.34. The lowest BCUT2D eigenvalue weighted by Gasteiger charge is -1.90. The first kappa shape index (κ1) is 9.43. The molecule has 1 aromatic rings. The van der Waals surface area contributed by atoms with Crippen LogP contribution in [-0.2, 0) is 0 Å². The van der Waals surface area contributed by atoms with Gasteiger partial charge in [-0.1, -0.05) is 30.3 Å². The van der Waals surface area contributed by atoms with Gasteiger partial charge in [0.2, 0.25) is 0 Å². The van der Waals surface area contributed by atoms with Crippen LogP contribution in [0.5, 0.6) is 0 Å². The van der Waals surface area contributed by atoms with Crippen LogP contribution in [0.2, 0.25) is 0 Å². The van der Waals surface area contributed by atoms with Gasteiger partial charge in [-0.15, -0.1) is 0 Å². The maximum atomic E-state index is 11.3. The number of allylic oxidation sites excluding steroid dienone is 1. The van der Waals surface area contributed by atoms with E-state index in [2.05, 4.69) is 10.9 Å². The molecule has 0 aromatic heterocycles. The molecule has 0 radical (unpaired) electrons. The van der Waals surface area contributed by atoms with Gasteiger partial charge in [0, 0.05) is 18.2 Å². The Morgan fingerprint density at radius 3 is 2.77 bits per heavy atom. The van der Waals surface area contributed by atoms with Crippen LogP contribution >= 0.6 is 0 Å². The Bertz CT molecular complexity index is 334. The minimum atomic E-state index is -0.0576. The van der Waals surface area contributed by atoms with Gasteiger partial charge in [0.1, 0.15) is 0 Å². The number of nitrogens with zero attached hydrogens (tertiary/aromatic N) is 1. The Hall–Kier alpha value is -1.66. The van der Waals surface area contributed by atoms with Crippen LogP contribution in [0.4, 0.5) is 0 Å². The maximum Gasteiger partial charge on any atom is 0.195 e. The molecule has 0 heterocycles. The van der Waals surface area contributed by atoms with Crippen LogP contribution in [-0.4, -0.2) is 18.2 Å². The lowest BCUT2D eigenvalue weighted by molar-refractivity contribution is 0.104. The highest BCUT2D eigenvalue weighted by atomic mass is 16.1. The van der Waals surface area contributed by atoms with E-state index in [-0.39, 0.29) is 5.78 Å². The lowest BCUT2D eigenvalue weighted by atomic mass is 10.1. The van der Waals surface area contributed by atoms with Gasteiger partial charge in [0.25, 0.3) is 0 Å². The molecule has 0 saturated heterocycles. The Morgan fingerprint density at radius 2 is 2.15 bits per heavy atom. The van der Waals surface area contributed by atoms with Gasteiger partial charge in [-0.3, -0.25) is 4.79 Å². The van der Waals surface area contributed by atoms with E-state index in [1.165, 1.54) is 6.08 Å². The maximum absolute atomic E-state index is 11.3. The van der Waals surface area contributed by atoms with Crippen molar-refractivity contribution in [2.75, 3.05) is 6.54 Å². The average Bonchev–Trinajstić information content (AvgIpc) is 2.19. The minimum absolute atomic E-state index is 0.0576. The number of benzene rings is 1. The van der Waals surface area contributed by atoms with Crippen molar-refractivity contribution in [1.29, 1.82) is 0 Å². The van der Waals surface area contributed by atoms with Gasteiger partial charge in [-0.05, 0) is 12.8 Å². The molecule has 2 heteroatoms. The number of rotatable bonds is 3. The zero-order chi connectivity index (χ0) is 9.52. The molecule has 0 unspecified atom stereocenters. The molecule has 66 valence electrons. The van der Waals surface area contributed by atoms with Crippen molar-refractivity contribution in [3.63, 3.8) is 0 Å². The smallest absolute Gasteiger partial charge is 0.195 e. The van der Waals surface area contributed by atoms with Crippen molar-refractivity contribution in [3.8, 4) is 0 Å². The van der Waals surface area contributed by atoms with Crippen molar-refractivity contribution in [1.82, 2.24) is 0 Å². The highest BCUT2D eigenvalue weighted by Gasteiger charge is 1.97. The van der Waals surface area contributed by atoms with Crippen molar-refractivity contribution in [3.05, 3.63) is 42.0 Å². The topological polar surface area (TPSA) is 29.4 Å². The van der Waals surface area contributed by atoms with Crippen LogP contribution in [0.1, 0.15) is 17.3 Å². The molecule has 0 fully saturated rings. The van der Waals surface area contributed by atoms with E-state index >= 15 is 0 Å². The van der Waals surface area contributed by atoms with E-state index in [1.807, 2.05) is 25.1 Å². The summed E-state index contributed by atoms with van der Waals surface area (Å²) in [6.07, 6.45) is 1.36. The SMILES string of the molecule is CCN=C=CC(=O)c1ccccc1. The molecule has 0 N–H and O–H groups in total. The first-order valence-electron chi connectivity index (χ1n) is 4.19. The van der Waals surface area contributed by atoms with Gasteiger partial charge in [0.05, 0.1) is 0 Å². The second-order valence-corrected chi connectivity index (χ2v) is 2.48. The summed E-state index contributed by atoms with van der Waals surface area (Å²) < 4.78 is 0. The third kappa shape index (κ3) is 3.06. The normalized spacial score (nSPS) is 8.69. The van der Waals surface area contributed by atoms with Crippen molar-refractivity contribution in [2.45, 2.75) is 6.92 Å². The molecule has 0 aliphatic heterocycles. The summed E-state index contributed by atoms with van der Waals surface area (Å²) in [7, 11) is 0. The monoisotopic (exact) mass is 173 g/mol. The molecule has 1 rings (SSSR count). The molecule has 0 spiro atoms. The molecular formula is C11H11NO. The van der Waals surface area contributed by atoms with Crippen molar-refractivity contribution >= 4 is 11.7 Å². The zero-order valence-corrected chi connectivity index (χ0v) is 7.53. The number of hydrogen-bond acceptors (Lipinski definition) is 2. The average molecular weight is 173 g/mol. The first-order valence-corrected chi connectivity index (χ1v) is 4.19. The van der Waals surface area contributed by atoms with Crippen LogP contribution in [0, 0.1) is 0 Å². The van der Waals surface area contributed by atoms with E-state index in [9.17, 15) is 4.79 Å². The quantitative estimate of drug-likeness (QED) is 0.391. The standard InChI is InChI=1S/C11H11NO/c1-2-12-9-8-11(13)10-6-4-3-5-7-10/h3-8H,2H2,1H3. The highest BCUT2D eigenvalue weighted by Crippen LogP contribution is 1.99. The summed E-state index contributed by atoms with van der Waals surface area (Å²) in [5.41, 5.74) is 0.668. The molecule has 2 nitrogen and oxygen atoms in total. The molecular weight excluding hydrogens is 162 g/mol. The predicted octanol–water partition coefficient (Wildman–Crippen LogP) is 2.12. The number of carbonyl (C=O) groups excluding carboxylic acids is 1. The molecule has 0 bridgehead atoms. The van der Waals surface area contributed by atoms with Gasteiger partial charge in [-0.2, -0.15) is 0 Å². The zero-order valence-electron chi connectivity index (χ0n) is 7.53. The number of hydrogen-bond donors (Lipinski definition) is 0. The fourth-order valence-corrected chi connectivity index (χ4v) is 0.881. The highest BCUT2D eigenvalue weighted by molar-refractivity contribution is 6.08. The summed E-state index contributed by atoms with van der Waals surface area (Å²) >= 11 is 0. The Balaban J connectivity index is 2.76. The summed E-state index contributed by atoms with van der Waals surface area (Å²) in [5.74, 6) is 2.53. The fourth-order valence-electron chi connectivity index (χ4n) is 0.881. The molecule has 0 aliphatic carbocycles. The van der Waals surface area contributed by atoms with Crippen LogP contribution in [0.3, 0.4) is 0 Å². The molecule has 13 heavy (non-hydrogen) atoms. The third-order valence-corrected chi connectivity index (χ3v) is 1.50. The van der Waals surface area contributed by atoms with E-state index < -0.39 is 0 Å². The van der Waals surface area contributed by atoms with Gasteiger partial charge >= 0.3 is 0 Å². The predicted molar refractivity (Wildman–Crippen MR) is 53.3 cm³/mol. The van der Waals surface area contributed by atoms with Gasteiger partial charge in [0.15, 0.2) is 5.78 Å². The summed E-state index contributed by atoms with van der Waals surface area (Å²) in [4.78, 5) is 15.2. The van der Waals surface area contributed by atoms with E-state index in [0.717, 1.165) is 0 Å². The Kier molecular flexibility index (Phi) is 3.68. The van der Waals surface area contributed by atoms with E-state index in [0.29, 0.717) is 12.1 Å². The van der Waals surface area contributed by atoms with Crippen molar-refractivity contribution < 1.29 is 4.79 Å². The molecule has 0 atom stereocenters. The lowest BCUT2D eigenvalue weighted by Crippen LogP contribution is -1.92. The summed E-state index contributed by atoms with van der Waals surface area (Å²) in [6, 6.07) is 9.08. The number of carbonyl (C=O) groups is 1. The van der Waals surface area contributed by atoms with Gasteiger partial charge in [-0.25, -0.2) is 4.99 Å². The molecule has 0 amide bonds. The molecule has 0 saturated carbocycles. The van der Waals surface area contributed by atoms with Gasteiger partial charge < -0.3 is 0 Å². The second kappa shape index (κ2) is 5.07. The minimum Gasteiger partial charge on any atom is -0.289 e. The van der Waals surface area contributed by atoms with Crippen LogP contribution < -0.4 is 0 Å². The van der Waals surface area contributed by atoms with Crippen LogP contribution in [0.25, 0.3) is 0 Å². The Labute approximate surface area is 77.6 Å². The third-order valence-electron chi connectivity index (χ3n) is 1.50. The molecule has 0 aliphatic rings.